The van der Waals surface area contributed by atoms with Gasteiger partial charge in [0.1, 0.15) is 10.8 Å². The fourth-order valence-electron chi connectivity index (χ4n) is 6.10. The number of aryl methyl sites for hydroxylation is 1. The minimum absolute atomic E-state index is 0.144. The van der Waals surface area contributed by atoms with E-state index in [0.717, 1.165) is 54.2 Å². The normalized spacial score (nSPS) is 29.8. The van der Waals surface area contributed by atoms with E-state index in [1.165, 1.54) is 36.2 Å². The Bertz CT molecular complexity index is 841. The molecule has 4 aliphatic rings. The largest absolute Gasteiger partial charge is 0.493 e. The number of nitrogens with one attached hydrogen (secondary N) is 1. The molecule has 5 nitrogen and oxygen atoms in total. The van der Waals surface area contributed by atoms with Crippen LogP contribution in [0, 0.1) is 23.2 Å². The molecule has 4 fully saturated rings. The third-order valence-corrected chi connectivity index (χ3v) is 8.02. The molecule has 1 amide bonds. The summed E-state index contributed by atoms with van der Waals surface area (Å²) >= 11 is 1.47. The van der Waals surface area contributed by atoms with Gasteiger partial charge in [0, 0.05) is 6.42 Å². The van der Waals surface area contributed by atoms with Gasteiger partial charge in [0.2, 0.25) is 11.0 Å². The van der Waals surface area contributed by atoms with Crippen LogP contribution in [0.4, 0.5) is 5.13 Å². The van der Waals surface area contributed by atoms with Crippen LogP contribution in [-0.2, 0) is 17.6 Å². The van der Waals surface area contributed by atoms with Gasteiger partial charge >= 0.3 is 0 Å². The number of anilines is 1. The summed E-state index contributed by atoms with van der Waals surface area (Å²) in [4.78, 5) is 13.1. The van der Waals surface area contributed by atoms with Gasteiger partial charge in [-0.15, -0.1) is 10.2 Å². The molecule has 6 rings (SSSR count). The lowest BCUT2D eigenvalue weighted by Gasteiger charge is -2.55. The van der Waals surface area contributed by atoms with Crippen LogP contribution in [0.15, 0.2) is 24.3 Å². The number of hydrogen-bond acceptors (Lipinski definition) is 5. The summed E-state index contributed by atoms with van der Waals surface area (Å²) < 4.78 is 5.82. The molecule has 0 spiro atoms. The zero-order chi connectivity index (χ0) is 19.8. The second kappa shape index (κ2) is 7.71. The highest BCUT2D eigenvalue weighted by atomic mass is 32.1. The number of aromatic nitrogens is 2. The first-order valence-electron chi connectivity index (χ1n) is 11.0. The molecule has 1 aromatic carbocycles. The van der Waals surface area contributed by atoms with Crippen LogP contribution >= 0.6 is 11.3 Å². The lowest BCUT2D eigenvalue weighted by molar-refractivity contribution is -0.140. The summed E-state index contributed by atoms with van der Waals surface area (Å²) in [5.74, 6) is 3.36. The van der Waals surface area contributed by atoms with Crippen LogP contribution in [0.5, 0.6) is 5.75 Å². The Morgan fingerprint density at radius 2 is 1.76 bits per heavy atom. The van der Waals surface area contributed by atoms with Crippen LogP contribution in [0.25, 0.3) is 0 Å². The second-order valence-corrected chi connectivity index (χ2v) is 10.3. The molecule has 0 aliphatic heterocycles. The average molecular weight is 412 g/mol. The quantitative estimate of drug-likeness (QED) is 0.705. The van der Waals surface area contributed by atoms with Crippen molar-refractivity contribution in [1.82, 2.24) is 10.2 Å². The van der Waals surface area contributed by atoms with Crippen molar-refractivity contribution in [2.45, 2.75) is 58.3 Å². The number of carbonyl (C=O) groups is 1. The predicted molar refractivity (Wildman–Crippen MR) is 114 cm³/mol. The van der Waals surface area contributed by atoms with Gasteiger partial charge in [-0.1, -0.05) is 30.4 Å². The molecule has 4 aliphatic carbocycles. The minimum atomic E-state index is -0.144. The fourth-order valence-corrected chi connectivity index (χ4v) is 6.82. The predicted octanol–water partition coefficient (Wildman–Crippen LogP) is 4.88. The van der Waals surface area contributed by atoms with Crippen LogP contribution in [0.1, 0.15) is 56.0 Å². The van der Waals surface area contributed by atoms with Crippen molar-refractivity contribution in [3.05, 3.63) is 34.8 Å². The first-order chi connectivity index (χ1) is 14.1. The number of benzene rings is 1. The summed E-state index contributed by atoms with van der Waals surface area (Å²) in [5, 5.41) is 13.1. The van der Waals surface area contributed by atoms with Gasteiger partial charge < -0.3 is 10.1 Å². The molecule has 2 aromatic rings. The van der Waals surface area contributed by atoms with Crippen LogP contribution in [-0.4, -0.2) is 22.7 Å². The molecule has 4 saturated carbocycles. The summed E-state index contributed by atoms with van der Waals surface area (Å²) in [6.45, 7) is 2.70. The number of carbonyl (C=O) groups excluding carboxylic acids is 1. The third-order valence-electron chi connectivity index (χ3n) is 7.12. The van der Waals surface area contributed by atoms with E-state index in [9.17, 15) is 4.79 Å². The Morgan fingerprint density at radius 1 is 1.10 bits per heavy atom. The molecular formula is C23H29N3O2S. The van der Waals surface area contributed by atoms with Crippen molar-refractivity contribution >= 4 is 22.4 Å². The first kappa shape index (κ1) is 19.0. The van der Waals surface area contributed by atoms with E-state index >= 15 is 0 Å². The van der Waals surface area contributed by atoms with E-state index in [4.69, 9.17) is 4.74 Å². The zero-order valence-electron chi connectivity index (χ0n) is 17.0. The molecule has 154 valence electrons. The SMILES string of the molecule is CCc1ccc(OCCc2nnc(NC(=O)C34CC5CC(CC(C5)C3)C4)s2)cc1. The van der Waals surface area contributed by atoms with Crippen LogP contribution in [0.3, 0.4) is 0 Å². The molecule has 0 saturated heterocycles. The Labute approximate surface area is 176 Å². The lowest BCUT2D eigenvalue weighted by atomic mass is 9.49. The maximum Gasteiger partial charge on any atom is 0.232 e. The average Bonchev–Trinajstić information content (AvgIpc) is 3.15. The van der Waals surface area contributed by atoms with Gasteiger partial charge in [-0.05, 0) is 80.4 Å². The van der Waals surface area contributed by atoms with Gasteiger partial charge in [-0.3, -0.25) is 4.79 Å². The smallest absolute Gasteiger partial charge is 0.232 e. The van der Waals surface area contributed by atoms with Crippen molar-refractivity contribution in [3.8, 4) is 5.75 Å². The number of rotatable bonds is 7. The van der Waals surface area contributed by atoms with Crippen molar-refractivity contribution in [2.75, 3.05) is 11.9 Å². The lowest BCUT2D eigenvalue weighted by Crippen LogP contribution is -2.51. The third kappa shape index (κ3) is 3.91. The summed E-state index contributed by atoms with van der Waals surface area (Å²) in [6, 6.07) is 8.21. The molecular weight excluding hydrogens is 382 g/mol. The number of hydrogen-bond donors (Lipinski definition) is 1. The van der Waals surface area contributed by atoms with E-state index in [1.54, 1.807) is 0 Å². The topological polar surface area (TPSA) is 64.1 Å². The Balaban J connectivity index is 1.15. The monoisotopic (exact) mass is 411 g/mol. The van der Waals surface area contributed by atoms with Gasteiger partial charge in [0.25, 0.3) is 0 Å². The molecule has 1 aromatic heterocycles. The first-order valence-corrected chi connectivity index (χ1v) is 11.8. The molecule has 1 N–H and O–H groups in total. The second-order valence-electron chi connectivity index (χ2n) is 9.25. The zero-order valence-corrected chi connectivity index (χ0v) is 17.8. The van der Waals surface area contributed by atoms with Crippen LogP contribution < -0.4 is 10.1 Å². The van der Waals surface area contributed by atoms with E-state index in [2.05, 4.69) is 34.6 Å². The molecule has 1 heterocycles. The Morgan fingerprint density at radius 3 is 2.38 bits per heavy atom. The summed E-state index contributed by atoms with van der Waals surface area (Å²) in [6.07, 6.45) is 8.97. The molecule has 29 heavy (non-hydrogen) atoms. The molecule has 0 radical (unpaired) electrons. The van der Waals surface area contributed by atoms with Crippen molar-refractivity contribution < 1.29 is 9.53 Å². The fraction of sp³-hybridized carbons (Fsp3) is 0.609. The number of ether oxygens (including phenoxy) is 1. The van der Waals surface area contributed by atoms with Crippen LogP contribution in [0.2, 0.25) is 0 Å². The van der Waals surface area contributed by atoms with Gasteiger partial charge in [0.15, 0.2) is 0 Å². The molecule has 4 bridgehead atoms. The summed E-state index contributed by atoms with van der Waals surface area (Å²) in [7, 11) is 0. The number of amides is 1. The molecule has 0 unspecified atom stereocenters. The van der Waals surface area contributed by atoms with E-state index in [0.29, 0.717) is 18.2 Å². The Hall–Kier alpha value is -1.95. The van der Waals surface area contributed by atoms with Crippen molar-refractivity contribution in [3.63, 3.8) is 0 Å². The van der Waals surface area contributed by atoms with Gasteiger partial charge in [-0.2, -0.15) is 0 Å². The maximum atomic E-state index is 13.1. The standard InChI is InChI=1S/C23H29N3O2S/c1-2-15-3-5-19(6-4-15)28-8-7-20-25-26-22(29-20)24-21(27)23-12-16-9-17(13-23)11-18(10-16)14-23/h3-6,16-18H,2,7-14H2,1H3,(H,24,26,27). The highest BCUT2D eigenvalue weighted by Crippen LogP contribution is 2.60. The van der Waals surface area contributed by atoms with Crippen molar-refractivity contribution in [2.24, 2.45) is 23.2 Å². The van der Waals surface area contributed by atoms with Gasteiger partial charge in [0.05, 0.1) is 12.0 Å². The molecule has 0 atom stereocenters. The van der Waals surface area contributed by atoms with E-state index < -0.39 is 0 Å². The highest BCUT2D eigenvalue weighted by molar-refractivity contribution is 7.15. The highest BCUT2D eigenvalue weighted by Gasteiger charge is 2.54. The van der Waals surface area contributed by atoms with Crippen molar-refractivity contribution in [1.29, 1.82) is 0 Å². The van der Waals surface area contributed by atoms with Gasteiger partial charge in [-0.25, -0.2) is 0 Å². The number of nitrogens with zero attached hydrogens (tertiary/aromatic N) is 2. The van der Waals surface area contributed by atoms with E-state index in [-0.39, 0.29) is 11.3 Å². The Kier molecular flexibility index (Phi) is 5.06. The maximum absolute atomic E-state index is 13.1. The molecule has 6 heteroatoms. The summed E-state index contributed by atoms with van der Waals surface area (Å²) in [5.41, 5.74) is 1.16. The van der Waals surface area contributed by atoms with E-state index in [1.807, 2.05) is 12.1 Å². The minimum Gasteiger partial charge on any atom is -0.493 e.